The van der Waals surface area contributed by atoms with E-state index in [1.54, 1.807) is 0 Å². The fourth-order valence-corrected chi connectivity index (χ4v) is 0.869. The van der Waals surface area contributed by atoms with Crippen LogP contribution in [-0.2, 0) is 4.74 Å². The van der Waals surface area contributed by atoms with E-state index in [9.17, 15) is 0 Å². The molecule has 0 bridgehead atoms. The first-order chi connectivity index (χ1) is 5.81. The zero-order valence-corrected chi connectivity index (χ0v) is 8.18. The third kappa shape index (κ3) is 7.54. The largest absolute Gasteiger partial charge is 0.387 e. The van der Waals surface area contributed by atoms with E-state index >= 15 is 0 Å². The molecule has 0 aliphatic carbocycles. The van der Waals surface area contributed by atoms with Crippen LogP contribution in [0.5, 0.6) is 0 Å². The number of nitrogens with two attached hydrogens (primary N) is 1. The molecule has 0 aromatic rings. The normalized spacial score (nSPS) is 12.0. The van der Waals surface area contributed by atoms with Crippen molar-refractivity contribution in [1.82, 2.24) is 0 Å². The van der Waals surface area contributed by atoms with Gasteiger partial charge in [0.05, 0.1) is 5.84 Å². The number of rotatable bonds is 7. The quantitative estimate of drug-likeness (QED) is 0.360. The van der Waals surface area contributed by atoms with E-state index in [2.05, 4.69) is 11.9 Å². The van der Waals surface area contributed by atoms with E-state index in [0.29, 0.717) is 0 Å². The maximum Gasteiger partial charge on any atom is 0.0936 e. The smallest absolute Gasteiger partial charge is 0.0936 e. The minimum Gasteiger partial charge on any atom is -0.387 e. The molecule has 0 saturated heterocycles. The van der Waals surface area contributed by atoms with Crippen molar-refractivity contribution in [2.24, 2.45) is 10.7 Å². The molecular formula is C9H20N2O. The average Bonchev–Trinajstić information content (AvgIpc) is 2.05. The molecule has 12 heavy (non-hydrogen) atoms. The van der Waals surface area contributed by atoms with E-state index in [-0.39, 0.29) is 0 Å². The predicted octanol–water partition coefficient (Wildman–Crippen LogP) is 1.57. The Balaban J connectivity index is 3.21. The number of ether oxygens (including phenoxy) is 1. The molecule has 0 aromatic heterocycles. The van der Waals surface area contributed by atoms with Gasteiger partial charge in [-0.1, -0.05) is 6.92 Å². The Morgan fingerprint density at radius 2 is 2.17 bits per heavy atom. The zero-order chi connectivity index (χ0) is 9.23. The Hall–Kier alpha value is -0.570. The summed E-state index contributed by atoms with van der Waals surface area (Å²) in [6, 6.07) is 0. The van der Waals surface area contributed by atoms with E-state index in [1.165, 1.54) is 0 Å². The van der Waals surface area contributed by atoms with Crippen LogP contribution in [0.15, 0.2) is 4.99 Å². The minimum absolute atomic E-state index is 0.772. The first-order valence-electron chi connectivity index (χ1n) is 4.67. The highest BCUT2D eigenvalue weighted by atomic mass is 16.5. The van der Waals surface area contributed by atoms with Crippen LogP contribution < -0.4 is 5.73 Å². The molecule has 2 N–H and O–H groups in total. The Morgan fingerprint density at radius 1 is 1.42 bits per heavy atom. The van der Waals surface area contributed by atoms with Gasteiger partial charge in [-0.3, -0.25) is 4.99 Å². The van der Waals surface area contributed by atoms with Gasteiger partial charge in [0.25, 0.3) is 0 Å². The molecule has 0 spiro atoms. The Bertz CT molecular complexity index is 124. The summed E-state index contributed by atoms with van der Waals surface area (Å²) in [5.74, 6) is 0.772. The second-order valence-corrected chi connectivity index (χ2v) is 2.67. The van der Waals surface area contributed by atoms with Gasteiger partial charge in [0.2, 0.25) is 0 Å². The van der Waals surface area contributed by atoms with Crippen LogP contribution in [-0.4, -0.2) is 25.6 Å². The summed E-state index contributed by atoms with van der Waals surface area (Å²) >= 11 is 0. The Labute approximate surface area is 75.0 Å². The van der Waals surface area contributed by atoms with Crippen LogP contribution in [0, 0.1) is 0 Å². The van der Waals surface area contributed by atoms with Gasteiger partial charge in [-0.2, -0.15) is 0 Å². The Kier molecular flexibility index (Phi) is 8.12. The van der Waals surface area contributed by atoms with Gasteiger partial charge in [0.1, 0.15) is 0 Å². The summed E-state index contributed by atoms with van der Waals surface area (Å²) in [5.41, 5.74) is 5.61. The topological polar surface area (TPSA) is 47.6 Å². The molecule has 72 valence electrons. The molecule has 0 aliphatic rings. The molecule has 0 atom stereocenters. The summed E-state index contributed by atoms with van der Waals surface area (Å²) in [6.45, 7) is 6.47. The maximum atomic E-state index is 5.61. The van der Waals surface area contributed by atoms with Gasteiger partial charge < -0.3 is 10.5 Å². The molecule has 0 saturated carbocycles. The third-order valence-corrected chi connectivity index (χ3v) is 1.47. The lowest BCUT2D eigenvalue weighted by molar-refractivity contribution is 0.146. The molecule has 0 amide bonds. The summed E-state index contributed by atoms with van der Waals surface area (Å²) in [4.78, 5) is 4.20. The maximum absolute atomic E-state index is 5.61. The first kappa shape index (κ1) is 11.4. The molecule has 3 heteroatoms. The minimum atomic E-state index is 0.772. The van der Waals surface area contributed by atoms with Crippen LogP contribution in [0.1, 0.15) is 33.1 Å². The third-order valence-electron chi connectivity index (χ3n) is 1.47. The fourth-order valence-electron chi connectivity index (χ4n) is 0.869. The van der Waals surface area contributed by atoms with Crippen molar-refractivity contribution >= 4 is 5.84 Å². The molecule has 0 unspecified atom stereocenters. The average molecular weight is 172 g/mol. The van der Waals surface area contributed by atoms with Crippen molar-refractivity contribution in [3.63, 3.8) is 0 Å². The summed E-state index contributed by atoms with van der Waals surface area (Å²) in [5, 5.41) is 0. The van der Waals surface area contributed by atoms with Gasteiger partial charge >= 0.3 is 0 Å². The lowest BCUT2D eigenvalue weighted by atomic mass is 10.3. The van der Waals surface area contributed by atoms with Gasteiger partial charge in [0, 0.05) is 26.2 Å². The number of hydrogen-bond acceptors (Lipinski definition) is 2. The standard InChI is InChI=1S/C9H20N2O/c1-3-6-9(10)11-7-5-8-12-4-2/h3-8H2,1-2H3,(H2,10,11). The summed E-state index contributed by atoms with van der Waals surface area (Å²) in [6.07, 6.45) is 2.95. The van der Waals surface area contributed by atoms with Crippen molar-refractivity contribution < 1.29 is 4.74 Å². The van der Waals surface area contributed by atoms with Crippen LogP contribution in [0.25, 0.3) is 0 Å². The highest BCUT2D eigenvalue weighted by Crippen LogP contribution is 1.89. The molecule has 0 radical (unpaired) electrons. The molecule has 3 nitrogen and oxygen atoms in total. The van der Waals surface area contributed by atoms with Crippen LogP contribution in [0.4, 0.5) is 0 Å². The molecule has 0 rings (SSSR count). The van der Waals surface area contributed by atoms with Crippen molar-refractivity contribution in [3.05, 3.63) is 0 Å². The van der Waals surface area contributed by atoms with Crippen LogP contribution in [0.3, 0.4) is 0 Å². The van der Waals surface area contributed by atoms with E-state index < -0.39 is 0 Å². The van der Waals surface area contributed by atoms with Crippen molar-refractivity contribution in [2.45, 2.75) is 33.1 Å². The highest BCUT2D eigenvalue weighted by Gasteiger charge is 1.89. The lowest BCUT2D eigenvalue weighted by Gasteiger charge is -1.99. The monoisotopic (exact) mass is 172 g/mol. The number of nitrogens with zero attached hydrogens (tertiary/aromatic N) is 1. The number of aliphatic imine (C=N–C) groups is 1. The van der Waals surface area contributed by atoms with E-state index in [0.717, 1.165) is 44.9 Å². The summed E-state index contributed by atoms with van der Waals surface area (Å²) < 4.78 is 5.17. The van der Waals surface area contributed by atoms with Crippen LogP contribution >= 0.6 is 0 Å². The first-order valence-corrected chi connectivity index (χ1v) is 4.67. The molecular weight excluding hydrogens is 152 g/mol. The van der Waals surface area contributed by atoms with E-state index in [1.807, 2.05) is 6.92 Å². The molecule has 0 aromatic carbocycles. The summed E-state index contributed by atoms with van der Waals surface area (Å²) in [7, 11) is 0. The van der Waals surface area contributed by atoms with Gasteiger partial charge in [-0.05, 0) is 19.8 Å². The highest BCUT2D eigenvalue weighted by molar-refractivity contribution is 5.80. The number of hydrogen-bond donors (Lipinski definition) is 1. The van der Waals surface area contributed by atoms with Crippen LogP contribution in [0.2, 0.25) is 0 Å². The van der Waals surface area contributed by atoms with Crippen molar-refractivity contribution in [1.29, 1.82) is 0 Å². The predicted molar refractivity (Wildman–Crippen MR) is 52.5 cm³/mol. The molecule has 0 aliphatic heterocycles. The van der Waals surface area contributed by atoms with E-state index in [4.69, 9.17) is 10.5 Å². The number of amidine groups is 1. The molecule has 0 heterocycles. The Morgan fingerprint density at radius 3 is 2.75 bits per heavy atom. The van der Waals surface area contributed by atoms with Gasteiger partial charge in [0.15, 0.2) is 0 Å². The molecule has 0 fully saturated rings. The second kappa shape index (κ2) is 8.53. The zero-order valence-electron chi connectivity index (χ0n) is 8.18. The van der Waals surface area contributed by atoms with Gasteiger partial charge in [-0.25, -0.2) is 0 Å². The lowest BCUT2D eigenvalue weighted by Crippen LogP contribution is -2.11. The van der Waals surface area contributed by atoms with Crippen molar-refractivity contribution in [3.8, 4) is 0 Å². The SMILES string of the molecule is CCCC(N)=NCCCOCC. The second-order valence-electron chi connectivity index (χ2n) is 2.67. The van der Waals surface area contributed by atoms with Gasteiger partial charge in [-0.15, -0.1) is 0 Å². The van der Waals surface area contributed by atoms with Crippen molar-refractivity contribution in [2.75, 3.05) is 19.8 Å². The fraction of sp³-hybridized carbons (Fsp3) is 0.889.